The lowest BCUT2D eigenvalue weighted by Crippen LogP contribution is -2.15. The Labute approximate surface area is 114 Å². The molecular formula is C14H12N2O4. The van der Waals surface area contributed by atoms with Crippen molar-refractivity contribution in [3.05, 3.63) is 53.3 Å². The van der Waals surface area contributed by atoms with Gasteiger partial charge < -0.3 is 15.5 Å². The zero-order valence-electron chi connectivity index (χ0n) is 10.6. The number of aromatic hydroxyl groups is 1. The van der Waals surface area contributed by atoms with Gasteiger partial charge in [0.05, 0.1) is 5.56 Å². The van der Waals surface area contributed by atoms with Crippen LogP contribution >= 0.6 is 0 Å². The van der Waals surface area contributed by atoms with Gasteiger partial charge >= 0.3 is 5.97 Å². The Bertz CT molecular complexity index is 683. The van der Waals surface area contributed by atoms with Gasteiger partial charge in [-0.15, -0.1) is 0 Å². The predicted octanol–water partition coefficient (Wildman–Crippen LogP) is 2.05. The Kier molecular flexibility index (Phi) is 3.65. The van der Waals surface area contributed by atoms with Gasteiger partial charge in [-0.25, -0.2) is 9.78 Å². The molecule has 0 aliphatic carbocycles. The maximum absolute atomic E-state index is 12.0. The molecule has 1 amide bonds. The number of nitrogens with zero attached hydrogens (tertiary/aromatic N) is 1. The summed E-state index contributed by atoms with van der Waals surface area (Å²) in [5, 5.41) is 21.1. The number of benzene rings is 1. The molecule has 0 aliphatic rings. The molecule has 3 N–H and O–H groups in total. The van der Waals surface area contributed by atoms with Crippen LogP contribution in [0.4, 0.5) is 5.69 Å². The van der Waals surface area contributed by atoms with E-state index in [-0.39, 0.29) is 17.0 Å². The van der Waals surface area contributed by atoms with Crippen LogP contribution in [0.1, 0.15) is 26.4 Å². The van der Waals surface area contributed by atoms with E-state index in [2.05, 4.69) is 10.3 Å². The molecule has 20 heavy (non-hydrogen) atoms. The molecule has 1 heterocycles. The molecule has 0 unspecified atom stereocenters. The number of aromatic nitrogens is 1. The second-order valence-corrected chi connectivity index (χ2v) is 4.11. The predicted molar refractivity (Wildman–Crippen MR) is 72.0 cm³/mol. The van der Waals surface area contributed by atoms with Gasteiger partial charge in [-0.2, -0.15) is 0 Å². The van der Waals surface area contributed by atoms with Crippen molar-refractivity contribution in [2.45, 2.75) is 6.92 Å². The van der Waals surface area contributed by atoms with E-state index in [9.17, 15) is 14.7 Å². The maximum atomic E-state index is 12.0. The number of pyridine rings is 1. The van der Waals surface area contributed by atoms with Crippen LogP contribution in [0.25, 0.3) is 0 Å². The van der Waals surface area contributed by atoms with Crippen molar-refractivity contribution in [1.29, 1.82) is 0 Å². The Morgan fingerprint density at radius 1 is 1.20 bits per heavy atom. The second kappa shape index (κ2) is 5.40. The molecule has 0 radical (unpaired) electrons. The number of hydrogen-bond acceptors (Lipinski definition) is 4. The molecule has 6 heteroatoms. The summed E-state index contributed by atoms with van der Waals surface area (Å²) in [5.41, 5.74) is 0.782. The summed E-state index contributed by atoms with van der Waals surface area (Å²) in [7, 11) is 0. The van der Waals surface area contributed by atoms with E-state index in [4.69, 9.17) is 5.11 Å². The Hall–Kier alpha value is -2.89. The number of aromatic carboxylic acids is 1. The minimum Gasteiger partial charge on any atom is -0.505 e. The quantitative estimate of drug-likeness (QED) is 0.794. The first kappa shape index (κ1) is 13.5. The highest BCUT2D eigenvalue weighted by Gasteiger charge is 2.15. The van der Waals surface area contributed by atoms with E-state index >= 15 is 0 Å². The van der Waals surface area contributed by atoms with Crippen molar-refractivity contribution >= 4 is 17.6 Å². The van der Waals surface area contributed by atoms with Gasteiger partial charge in [-0.1, -0.05) is 6.07 Å². The smallest absolute Gasteiger partial charge is 0.336 e. The van der Waals surface area contributed by atoms with Crippen LogP contribution in [-0.2, 0) is 0 Å². The SMILES string of the molecule is Cc1c(NC(=O)c2ncccc2O)cccc1C(=O)O. The molecule has 1 aromatic heterocycles. The van der Waals surface area contributed by atoms with E-state index in [0.717, 1.165) is 0 Å². The molecule has 2 rings (SSSR count). The number of nitrogens with one attached hydrogen (secondary N) is 1. The van der Waals surface area contributed by atoms with Crippen molar-refractivity contribution in [3.8, 4) is 5.75 Å². The number of rotatable bonds is 3. The standard InChI is InChI=1S/C14H12N2O4/c1-8-9(14(19)20)4-2-5-10(8)16-13(18)12-11(17)6-3-7-15-12/h2-7,17H,1H3,(H,16,18)(H,19,20). The lowest BCUT2D eigenvalue weighted by atomic mass is 10.1. The van der Waals surface area contributed by atoms with E-state index in [1.807, 2.05) is 0 Å². The third kappa shape index (κ3) is 2.59. The maximum Gasteiger partial charge on any atom is 0.336 e. The fourth-order valence-electron chi connectivity index (χ4n) is 1.76. The summed E-state index contributed by atoms with van der Waals surface area (Å²) < 4.78 is 0. The minimum atomic E-state index is -1.07. The minimum absolute atomic E-state index is 0.105. The fraction of sp³-hybridized carbons (Fsp3) is 0.0714. The average molecular weight is 272 g/mol. The monoisotopic (exact) mass is 272 g/mol. The van der Waals surface area contributed by atoms with Crippen LogP contribution in [0, 0.1) is 6.92 Å². The van der Waals surface area contributed by atoms with Crippen molar-refractivity contribution < 1.29 is 19.8 Å². The summed E-state index contributed by atoms with van der Waals surface area (Å²) in [6, 6.07) is 7.42. The van der Waals surface area contributed by atoms with E-state index in [1.165, 1.54) is 30.5 Å². The van der Waals surface area contributed by atoms with Gasteiger partial charge in [-0.05, 0) is 36.8 Å². The summed E-state index contributed by atoms with van der Waals surface area (Å²) >= 11 is 0. The molecule has 0 spiro atoms. The number of hydrogen-bond donors (Lipinski definition) is 3. The molecular weight excluding hydrogens is 260 g/mol. The molecule has 0 saturated heterocycles. The molecule has 6 nitrogen and oxygen atoms in total. The normalized spacial score (nSPS) is 10.1. The van der Waals surface area contributed by atoms with Gasteiger partial charge in [0.1, 0.15) is 5.75 Å². The highest BCUT2D eigenvalue weighted by atomic mass is 16.4. The summed E-state index contributed by atoms with van der Waals surface area (Å²) in [6.07, 6.45) is 1.38. The van der Waals surface area contributed by atoms with Crippen molar-refractivity contribution in [2.75, 3.05) is 5.32 Å². The first-order valence-corrected chi connectivity index (χ1v) is 5.79. The van der Waals surface area contributed by atoms with Gasteiger partial charge in [-0.3, -0.25) is 4.79 Å². The van der Waals surface area contributed by atoms with Crippen molar-refractivity contribution in [2.24, 2.45) is 0 Å². The zero-order chi connectivity index (χ0) is 14.7. The highest BCUT2D eigenvalue weighted by Crippen LogP contribution is 2.21. The third-order valence-electron chi connectivity index (χ3n) is 2.81. The first-order valence-electron chi connectivity index (χ1n) is 5.79. The van der Waals surface area contributed by atoms with Crippen LogP contribution in [0.15, 0.2) is 36.5 Å². The molecule has 2 aromatic rings. The number of carbonyl (C=O) groups excluding carboxylic acids is 1. The van der Waals surface area contributed by atoms with Crippen LogP contribution < -0.4 is 5.32 Å². The van der Waals surface area contributed by atoms with Crippen LogP contribution in [0.3, 0.4) is 0 Å². The van der Waals surface area contributed by atoms with E-state index in [0.29, 0.717) is 11.3 Å². The average Bonchev–Trinajstić information content (AvgIpc) is 2.41. The van der Waals surface area contributed by atoms with Gasteiger partial charge in [0.25, 0.3) is 5.91 Å². The van der Waals surface area contributed by atoms with Gasteiger partial charge in [0.2, 0.25) is 0 Å². The Morgan fingerprint density at radius 2 is 1.95 bits per heavy atom. The lowest BCUT2D eigenvalue weighted by molar-refractivity contribution is 0.0695. The highest BCUT2D eigenvalue weighted by molar-refractivity contribution is 6.05. The molecule has 0 atom stereocenters. The number of amides is 1. The third-order valence-corrected chi connectivity index (χ3v) is 2.81. The number of anilines is 1. The summed E-state index contributed by atoms with van der Waals surface area (Å²) in [5.74, 6) is -1.91. The van der Waals surface area contributed by atoms with E-state index in [1.54, 1.807) is 13.0 Å². The van der Waals surface area contributed by atoms with Crippen molar-refractivity contribution in [1.82, 2.24) is 4.98 Å². The Morgan fingerprint density at radius 3 is 2.60 bits per heavy atom. The van der Waals surface area contributed by atoms with Gasteiger partial charge in [0, 0.05) is 11.9 Å². The molecule has 0 fully saturated rings. The van der Waals surface area contributed by atoms with Crippen LogP contribution in [0.2, 0.25) is 0 Å². The number of carboxylic acid groups (broad SMARTS) is 1. The molecule has 0 bridgehead atoms. The second-order valence-electron chi connectivity index (χ2n) is 4.11. The first-order chi connectivity index (χ1) is 9.50. The largest absolute Gasteiger partial charge is 0.505 e. The fourth-order valence-corrected chi connectivity index (χ4v) is 1.76. The number of carbonyl (C=O) groups is 2. The molecule has 102 valence electrons. The van der Waals surface area contributed by atoms with Gasteiger partial charge in [0.15, 0.2) is 5.69 Å². The molecule has 0 aliphatic heterocycles. The summed E-state index contributed by atoms with van der Waals surface area (Å²) in [4.78, 5) is 26.8. The topological polar surface area (TPSA) is 99.5 Å². The van der Waals surface area contributed by atoms with Crippen molar-refractivity contribution in [3.63, 3.8) is 0 Å². The molecule has 0 saturated carbocycles. The lowest BCUT2D eigenvalue weighted by Gasteiger charge is -2.10. The summed E-state index contributed by atoms with van der Waals surface area (Å²) in [6.45, 7) is 1.59. The zero-order valence-corrected chi connectivity index (χ0v) is 10.6. The molecule has 1 aromatic carbocycles. The van der Waals surface area contributed by atoms with E-state index < -0.39 is 11.9 Å². The van der Waals surface area contributed by atoms with Crippen LogP contribution in [0.5, 0.6) is 5.75 Å². The Balaban J connectivity index is 2.32. The number of carboxylic acids is 1. The van der Waals surface area contributed by atoms with Crippen LogP contribution in [-0.4, -0.2) is 27.1 Å².